The largest absolute Gasteiger partial charge is 0.493 e. The zero-order chi connectivity index (χ0) is 16.9. The fourth-order valence-corrected chi connectivity index (χ4v) is 4.51. The second-order valence-corrected chi connectivity index (χ2v) is 7.45. The summed E-state index contributed by atoms with van der Waals surface area (Å²) in [7, 11) is 0. The van der Waals surface area contributed by atoms with Gasteiger partial charge in [-0.25, -0.2) is 4.98 Å². The van der Waals surface area contributed by atoms with Crippen molar-refractivity contribution in [3.63, 3.8) is 0 Å². The van der Waals surface area contributed by atoms with Crippen molar-refractivity contribution in [3.8, 4) is 11.8 Å². The number of benzene rings is 2. The van der Waals surface area contributed by atoms with Gasteiger partial charge in [-0.05, 0) is 25.1 Å². The number of nitriles is 1. The molecule has 0 fully saturated rings. The van der Waals surface area contributed by atoms with Crippen LogP contribution in [0.25, 0.3) is 10.2 Å². The SMILES string of the molecule is CCOc1ccccc1[C@@H](O)[C@@H](C#N)Sc1nc2ccccc2s1. The van der Waals surface area contributed by atoms with Crippen molar-refractivity contribution >= 4 is 33.3 Å². The number of rotatable bonds is 6. The lowest BCUT2D eigenvalue weighted by molar-refractivity contribution is 0.182. The van der Waals surface area contributed by atoms with Gasteiger partial charge in [-0.1, -0.05) is 42.1 Å². The molecule has 0 saturated heterocycles. The Morgan fingerprint density at radius 3 is 2.75 bits per heavy atom. The zero-order valence-corrected chi connectivity index (χ0v) is 14.7. The van der Waals surface area contributed by atoms with Crippen LogP contribution < -0.4 is 4.74 Å². The van der Waals surface area contributed by atoms with Crippen LogP contribution >= 0.6 is 23.1 Å². The van der Waals surface area contributed by atoms with Gasteiger partial charge in [0.05, 0.1) is 22.9 Å². The fourth-order valence-electron chi connectivity index (χ4n) is 2.35. The van der Waals surface area contributed by atoms with Crippen molar-refractivity contribution in [2.45, 2.75) is 22.6 Å². The van der Waals surface area contributed by atoms with Crippen LogP contribution in [0.2, 0.25) is 0 Å². The van der Waals surface area contributed by atoms with E-state index in [0.29, 0.717) is 17.9 Å². The second kappa shape index (κ2) is 7.67. The highest BCUT2D eigenvalue weighted by Crippen LogP contribution is 2.38. The molecule has 1 heterocycles. The highest BCUT2D eigenvalue weighted by Gasteiger charge is 2.26. The van der Waals surface area contributed by atoms with E-state index in [1.807, 2.05) is 43.3 Å². The van der Waals surface area contributed by atoms with Gasteiger partial charge in [0.25, 0.3) is 0 Å². The molecule has 0 radical (unpaired) electrons. The number of hydrogen-bond donors (Lipinski definition) is 1. The van der Waals surface area contributed by atoms with E-state index in [2.05, 4.69) is 11.1 Å². The van der Waals surface area contributed by atoms with E-state index in [1.54, 1.807) is 12.1 Å². The van der Waals surface area contributed by atoms with Gasteiger partial charge in [-0.3, -0.25) is 0 Å². The molecule has 0 aliphatic rings. The molecule has 0 spiro atoms. The number of para-hydroxylation sites is 2. The van der Waals surface area contributed by atoms with Crippen LogP contribution in [-0.2, 0) is 0 Å². The molecule has 122 valence electrons. The van der Waals surface area contributed by atoms with Gasteiger partial charge >= 0.3 is 0 Å². The third-order valence-electron chi connectivity index (χ3n) is 3.45. The molecular weight excluding hydrogens is 340 g/mol. The first-order chi connectivity index (χ1) is 11.7. The van der Waals surface area contributed by atoms with Gasteiger partial charge < -0.3 is 9.84 Å². The summed E-state index contributed by atoms with van der Waals surface area (Å²) in [5.41, 5.74) is 1.53. The van der Waals surface area contributed by atoms with Crippen LogP contribution in [0.1, 0.15) is 18.6 Å². The molecule has 0 aliphatic carbocycles. The molecule has 2 aromatic carbocycles. The molecule has 0 aliphatic heterocycles. The van der Waals surface area contributed by atoms with Gasteiger partial charge in [0.15, 0.2) is 4.34 Å². The van der Waals surface area contributed by atoms with Gasteiger partial charge in [0.1, 0.15) is 17.1 Å². The molecule has 24 heavy (non-hydrogen) atoms. The number of ether oxygens (including phenoxy) is 1. The summed E-state index contributed by atoms with van der Waals surface area (Å²) in [6.45, 7) is 2.40. The molecule has 3 rings (SSSR count). The Morgan fingerprint density at radius 1 is 1.25 bits per heavy atom. The molecule has 0 bridgehead atoms. The minimum atomic E-state index is -0.949. The summed E-state index contributed by atoms with van der Waals surface area (Å²) in [4.78, 5) is 4.52. The maximum atomic E-state index is 10.7. The smallest absolute Gasteiger partial charge is 0.152 e. The Bertz CT molecular complexity index is 840. The Labute approximate surface area is 148 Å². The summed E-state index contributed by atoms with van der Waals surface area (Å²) >= 11 is 2.81. The maximum absolute atomic E-state index is 10.7. The van der Waals surface area contributed by atoms with E-state index >= 15 is 0 Å². The van der Waals surface area contributed by atoms with E-state index in [0.717, 1.165) is 14.6 Å². The number of nitrogens with zero attached hydrogens (tertiary/aromatic N) is 2. The number of thioether (sulfide) groups is 1. The Balaban J connectivity index is 1.84. The van der Waals surface area contributed by atoms with Crippen molar-refractivity contribution < 1.29 is 9.84 Å². The van der Waals surface area contributed by atoms with Crippen molar-refractivity contribution in [1.29, 1.82) is 5.26 Å². The second-order valence-electron chi connectivity index (χ2n) is 5.03. The Hall–Kier alpha value is -2.07. The standard InChI is InChI=1S/C18H16N2O2S2/c1-2-22-14-9-5-3-7-12(14)17(21)16(11-19)24-18-20-13-8-4-6-10-15(13)23-18/h3-10,16-17,21H,2H2,1H3/t16-,17-/m1/s1. The first kappa shape index (κ1) is 16.8. The lowest BCUT2D eigenvalue weighted by atomic mass is 10.1. The third-order valence-corrected chi connectivity index (χ3v) is 5.73. The molecule has 2 atom stereocenters. The number of aromatic nitrogens is 1. The lowest BCUT2D eigenvalue weighted by Crippen LogP contribution is -2.14. The van der Waals surface area contributed by atoms with Crippen LogP contribution in [0.15, 0.2) is 52.9 Å². The Morgan fingerprint density at radius 2 is 2.00 bits per heavy atom. The molecule has 0 unspecified atom stereocenters. The minimum Gasteiger partial charge on any atom is -0.493 e. The van der Waals surface area contributed by atoms with E-state index in [4.69, 9.17) is 4.74 Å². The normalized spacial score (nSPS) is 13.4. The molecule has 0 saturated carbocycles. The van der Waals surface area contributed by atoms with Crippen LogP contribution in [0.4, 0.5) is 0 Å². The van der Waals surface area contributed by atoms with Crippen molar-refractivity contribution in [1.82, 2.24) is 4.98 Å². The van der Waals surface area contributed by atoms with Crippen molar-refractivity contribution in [2.24, 2.45) is 0 Å². The first-order valence-electron chi connectivity index (χ1n) is 7.54. The molecule has 4 nitrogen and oxygen atoms in total. The predicted molar refractivity (Wildman–Crippen MR) is 97.4 cm³/mol. The van der Waals surface area contributed by atoms with Crippen molar-refractivity contribution in [3.05, 3.63) is 54.1 Å². The average molecular weight is 356 g/mol. The zero-order valence-electron chi connectivity index (χ0n) is 13.0. The third kappa shape index (κ3) is 3.54. The van der Waals surface area contributed by atoms with Crippen molar-refractivity contribution in [2.75, 3.05) is 6.61 Å². The molecule has 1 aromatic heterocycles. The van der Waals surface area contributed by atoms with E-state index in [-0.39, 0.29) is 0 Å². The summed E-state index contributed by atoms with van der Waals surface area (Å²) < 4.78 is 7.40. The summed E-state index contributed by atoms with van der Waals surface area (Å²) in [6, 6.07) is 17.3. The number of hydrogen-bond acceptors (Lipinski definition) is 6. The van der Waals surface area contributed by atoms with E-state index in [1.165, 1.54) is 23.1 Å². The van der Waals surface area contributed by atoms with Gasteiger partial charge in [0, 0.05) is 5.56 Å². The quantitative estimate of drug-likeness (QED) is 0.663. The van der Waals surface area contributed by atoms with Gasteiger partial charge in [-0.2, -0.15) is 5.26 Å². The fraction of sp³-hybridized carbons (Fsp3) is 0.222. The number of aliphatic hydroxyl groups excluding tert-OH is 1. The highest BCUT2D eigenvalue weighted by atomic mass is 32.2. The summed E-state index contributed by atoms with van der Waals surface area (Å²) in [5, 5.41) is 19.5. The first-order valence-corrected chi connectivity index (χ1v) is 9.24. The van der Waals surface area contributed by atoms with Gasteiger partial charge in [0.2, 0.25) is 0 Å². The van der Waals surface area contributed by atoms with Gasteiger partial charge in [-0.15, -0.1) is 11.3 Å². The monoisotopic (exact) mass is 356 g/mol. The molecule has 6 heteroatoms. The molecular formula is C18H16N2O2S2. The van der Waals surface area contributed by atoms with E-state index in [9.17, 15) is 10.4 Å². The van der Waals surface area contributed by atoms with Crippen LogP contribution in [-0.4, -0.2) is 21.9 Å². The molecule has 3 aromatic rings. The lowest BCUT2D eigenvalue weighted by Gasteiger charge is -2.18. The Kier molecular flexibility index (Phi) is 5.36. The van der Waals surface area contributed by atoms with Crippen LogP contribution in [0, 0.1) is 11.3 Å². The summed E-state index contributed by atoms with van der Waals surface area (Å²) in [5.74, 6) is 0.609. The molecule has 0 amide bonds. The van der Waals surface area contributed by atoms with Crippen LogP contribution in [0.5, 0.6) is 5.75 Å². The topological polar surface area (TPSA) is 66.1 Å². The minimum absolute atomic E-state index is 0.506. The average Bonchev–Trinajstić information content (AvgIpc) is 3.02. The van der Waals surface area contributed by atoms with E-state index < -0.39 is 11.4 Å². The highest BCUT2D eigenvalue weighted by molar-refractivity contribution is 8.02. The van der Waals surface area contributed by atoms with Crippen LogP contribution in [0.3, 0.4) is 0 Å². The molecule has 1 N–H and O–H groups in total. The number of thiazole rings is 1. The predicted octanol–water partition coefficient (Wildman–Crippen LogP) is 4.41. The number of fused-ring (bicyclic) bond motifs is 1. The summed E-state index contributed by atoms with van der Waals surface area (Å²) in [6.07, 6.45) is -0.949. The number of aliphatic hydroxyl groups is 1. The maximum Gasteiger partial charge on any atom is 0.152 e.